The number of nitrogens with one attached hydrogen (secondary N) is 1. The zero-order valence-electron chi connectivity index (χ0n) is 20.6. The maximum absolute atomic E-state index is 13.6. The van der Waals surface area contributed by atoms with Gasteiger partial charge in [-0.1, -0.05) is 19.1 Å². The molecule has 206 valence electrons. The monoisotopic (exact) mass is 567 g/mol. The summed E-state index contributed by atoms with van der Waals surface area (Å²) in [5.74, 6) is -0.334. The molecule has 1 unspecified atom stereocenters. The number of aromatic nitrogens is 2. The van der Waals surface area contributed by atoms with Crippen LogP contribution in [-0.4, -0.2) is 51.4 Å². The van der Waals surface area contributed by atoms with E-state index in [1.807, 2.05) is 0 Å². The molecule has 1 fully saturated rings. The molecule has 0 radical (unpaired) electrons. The van der Waals surface area contributed by atoms with Crippen LogP contribution in [0.4, 0.5) is 26.3 Å². The Balaban J connectivity index is 1.36. The highest BCUT2D eigenvalue weighted by atomic mass is 32.2. The van der Waals surface area contributed by atoms with Crippen LogP contribution in [0.25, 0.3) is 17.0 Å². The molecule has 13 heteroatoms. The average molecular weight is 568 g/mol. The number of hydrogen-bond donors (Lipinski definition) is 1. The van der Waals surface area contributed by atoms with E-state index in [-0.39, 0.29) is 24.1 Å². The van der Waals surface area contributed by atoms with Crippen LogP contribution in [0.3, 0.4) is 0 Å². The maximum Gasteiger partial charge on any atom is 0.416 e. The van der Waals surface area contributed by atoms with Crippen LogP contribution in [0.5, 0.6) is 0 Å². The molecule has 2 aliphatic rings. The molecular formula is C26H23F6N5OS. The number of fused-ring (bicyclic) bond motifs is 1. The molecule has 6 nitrogen and oxygen atoms in total. The first-order valence-electron chi connectivity index (χ1n) is 12.2. The van der Waals surface area contributed by atoms with Crippen molar-refractivity contribution in [3.8, 4) is 0 Å². The van der Waals surface area contributed by atoms with Crippen molar-refractivity contribution in [2.45, 2.75) is 38.3 Å². The highest BCUT2D eigenvalue weighted by molar-refractivity contribution is 8.18. The average Bonchev–Trinajstić information content (AvgIpc) is 3.45. The third-order valence-electron chi connectivity index (χ3n) is 6.65. The van der Waals surface area contributed by atoms with Gasteiger partial charge >= 0.3 is 12.4 Å². The van der Waals surface area contributed by atoms with Gasteiger partial charge in [0.1, 0.15) is 0 Å². The fraction of sp³-hybridized carbons (Fsp3) is 0.346. The molecule has 1 aromatic heterocycles. The molecule has 0 bridgehead atoms. The van der Waals surface area contributed by atoms with Gasteiger partial charge in [-0.3, -0.25) is 9.48 Å². The van der Waals surface area contributed by atoms with Gasteiger partial charge in [-0.2, -0.15) is 36.4 Å². The Morgan fingerprint density at radius 2 is 1.90 bits per heavy atom. The summed E-state index contributed by atoms with van der Waals surface area (Å²) in [5, 5.41) is 8.85. The van der Waals surface area contributed by atoms with Gasteiger partial charge in [0.25, 0.3) is 5.91 Å². The third kappa shape index (κ3) is 5.83. The van der Waals surface area contributed by atoms with E-state index in [9.17, 15) is 31.1 Å². The van der Waals surface area contributed by atoms with E-state index in [0.717, 1.165) is 32.1 Å². The summed E-state index contributed by atoms with van der Waals surface area (Å²) in [6, 6.07) is 7.02. The first kappa shape index (κ1) is 27.3. The summed E-state index contributed by atoms with van der Waals surface area (Å²) in [7, 11) is 0. The summed E-state index contributed by atoms with van der Waals surface area (Å²) in [4.78, 5) is 19.3. The lowest BCUT2D eigenvalue weighted by Gasteiger charge is -2.33. The number of thioether (sulfide) groups is 1. The van der Waals surface area contributed by atoms with Crippen molar-refractivity contribution in [2.24, 2.45) is 4.99 Å². The zero-order chi connectivity index (χ0) is 27.9. The van der Waals surface area contributed by atoms with E-state index in [1.165, 1.54) is 22.6 Å². The van der Waals surface area contributed by atoms with Crippen molar-refractivity contribution in [1.82, 2.24) is 20.0 Å². The van der Waals surface area contributed by atoms with Gasteiger partial charge in [-0.05, 0) is 59.7 Å². The number of benzene rings is 2. The molecule has 1 atom stereocenters. The van der Waals surface area contributed by atoms with Crippen LogP contribution < -0.4 is 5.32 Å². The highest BCUT2D eigenvalue weighted by Crippen LogP contribution is 2.38. The molecule has 1 amide bonds. The number of alkyl halides is 6. The van der Waals surface area contributed by atoms with Gasteiger partial charge < -0.3 is 10.2 Å². The quantitative estimate of drug-likeness (QED) is 0.320. The number of hydrogen-bond acceptors (Lipinski definition) is 5. The first-order chi connectivity index (χ1) is 18.4. The van der Waals surface area contributed by atoms with Crippen LogP contribution in [0.15, 0.2) is 52.5 Å². The van der Waals surface area contributed by atoms with E-state index in [2.05, 4.69) is 27.2 Å². The second-order valence-electron chi connectivity index (χ2n) is 9.30. The Bertz CT molecular complexity index is 1480. The van der Waals surface area contributed by atoms with Crippen LogP contribution >= 0.6 is 11.8 Å². The summed E-state index contributed by atoms with van der Waals surface area (Å²) in [6.45, 7) is 4.05. The second-order valence-corrected chi connectivity index (χ2v) is 10.3. The van der Waals surface area contributed by atoms with Crippen molar-refractivity contribution < 1.29 is 31.1 Å². The molecule has 0 aliphatic carbocycles. The largest absolute Gasteiger partial charge is 0.416 e. The van der Waals surface area contributed by atoms with E-state index in [0.29, 0.717) is 38.6 Å². The predicted molar refractivity (Wildman–Crippen MR) is 137 cm³/mol. The number of carbonyl (C=O) groups excluding carboxylic acids is 1. The van der Waals surface area contributed by atoms with Crippen LogP contribution in [0.2, 0.25) is 0 Å². The Kier molecular flexibility index (Phi) is 7.23. The molecule has 0 saturated carbocycles. The van der Waals surface area contributed by atoms with E-state index in [1.54, 1.807) is 24.3 Å². The van der Waals surface area contributed by atoms with E-state index in [4.69, 9.17) is 0 Å². The SMILES string of the molecule is CCC1CN(C2=NC(=O)/C(=C/c3ccc4c(cnn4Cc4ccc(C(F)(F)F)cc4C(F)(F)F)c3)S2)CCN1. The van der Waals surface area contributed by atoms with Gasteiger partial charge in [0.05, 0.1) is 34.3 Å². The van der Waals surface area contributed by atoms with Gasteiger partial charge in [0, 0.05) is 31.1 Å². The fourth-order valence-electron chi connectivity index (χ4n) is 4.59. The number of amidine groups is 1. The lowest BCUT2D eigenvalue weighted by atomic mass is 10.0. The molecule has 1 N–H and O–H groups in total. The topological polar surface area (TPSA) is 62.5 Å². The van der Waals surface area contributed by atoms with Gasteiger partial charge in [0.15, 0.2) is 5.17 Å². The smallest absolute Gasteiger partial charge is 0.348 e. The van der Waals surface area contributed by atoms with Crippen molar-refractivity contribution in [2.75, 3.05) is 19.6 Å². The third-order valence-corrected chi connectivity index (χ3v) is 7.70. The van der Waals surface area contributed by atoms with Crippen LogP contribution in [0, 0.1) is 0 Å². The van der Waals surface area contributed by atoms with Crippen molar-refractivity contribution >= 4 is 39.8 Å². The maximum atomic E-state index is 13.6. The number of rotatable bonds is 4. The van der Waals surface area contributed by atoms with Crippen LogP contribution in [0.1, 0.15) is 35.6 Å². The van der Waals surface area contributed by atoms with Crippen LogP contribution in [-0.2, 0) is 23.7 Å². The fourth-order valence-corrected chi connectivity index (χ4v) is 5.54. The Morgan fingerprint density at radius 1 is 1.10 bits per heavy atom. The molecule has 2 aromatic carbocycles. The minimum atomic E-state index is -4.96. The minimum absolute atomic E-state index is 0.126. The normalized spacial score (nSPS) is 19.8. The van der Waals surface area contributed by atoms with Gasteiger partial charge in [-0.15, -0.1) is 0 Å². The number of halogens is 6. The Morgan fingerprint density at radius 3 is 2.62 bits per heavy atom. The number of nitrogens with zero attached hydrogens (tertiary/aromatic N) is 4. The van der Waals surface area contributed by atoms with Crippen molar-refractivity contribution in [1.29, 1.82) is 0 Å². The number of aliphatic imine (C=N–C) groups is 1. The van der Waals surface area contributed by atoms with E-state index >= 15 is 0 Å². The Hall–Kier alpha value is -3.32. The molecule has 3 aromatic rings. The van der Waals surface area contributed by atoms with E-state index < -0.39 is 23.5 Å². The van der Waals surface area contributed by atoms with Crippen molar-refractivity contribution in [3.05, 3.63) is 69.8 Å². The summed E-state index contributed by atoms with van der Waals surface area (Å²) < 4.78 is 81.0. The minimum Gasteiger partial charge on any atom is -0.348 e. The molecule has 39 heavy (non-hydrogen) atoms. The molecular weight excluding hydrogens is 544 g/mol. The number of piperazine rings is 1. The standard InChI is InChI=1S/C26H23F6N5OS/c1-2-19-14-36(8-7-33-19)24-35-23(38)22(39-24)10-15-3-6-21-17(9-15)12-34-37(21)13-16-4-5-18(25(27,28)29)11-20(16)26(30,31)32/h3-6,9-12,19,33H,2,7-8,13-14H2,1H3/b22-10-. The van der Waals surface area contributed by atoms with Gasteiger partial charge in [-0.25, -0.2) is 0 Å². The molecule has 2 aliphatic heterocycles. The zero-order valence-corrected chi connectivity index (χ0v) is 21.4. The van der Waals surface area contributed by atoms with Gasteiger partial charge in [0.2, 0.25) is 0 Å². The molecule has 1 saturated heterocycles. The number of amides is 1. The highest BCUT2D eigenvalue weighted by Gasteiger charge is 2.38. The molecule has 3 heterocycles. The lowest BCUT2D eigenvalue weighted by molar-refractivity contribution is -0.143. The predicted octanol–water partition coefficient (Wildman–Crippen LogP) is 5.78. The Labute approximate surface area is 223 Å². The summed E-state index contributed by atoms with van der Waals surface area (Å²) in [5.41, 5.74) is -1.87. The molecule has 0 spiro atoms. The van der Waals surface area contributed by atoms with Crippen molar-refractivity contribution in [3.63, 3.8) is 0 Å². The lowest BCUT2D eigenvalue weighted by Crippen LogP contribution is -2.51. The number of carbonyl (C=O) groups is 1. The second kappa shape index (κ2) is 10.3. The summed E-state index contributed by atoms with van der Waals surface area (Å²) >= 11 is 1.30. The summed E-state index contributed by atoms with van der Waals surface area (Å²) in [6.07, 6.45) is -5.72. The first-order valence-corrected chi connectivity index (χ1v) is 13.0. The molecule has 5 rings (SSSR count).